The van der Waals surface area contributed by atoms with Gasteiger partial charge in [0.25, 0.3) is 5.91 Å². The van der Waals surface area contributed by atoms with Crippen LogP contribution in [0, 0.1) is 6.92 Å². The number of halogens is 5. The number of carbonyl (C=O) groups excluding carboxylic acids is 1. The Labute approximate surface area is 166 Å². The van der Waals surface area contributed by atoms with Crippen LogP contribution >= 0.6 is 69.3 Å². The molecule has 0 radical (unpaired) electrons. The van der Waals surface area contributed by atoms with Gasteiger partial charge in [-0.2, -0.15) is 0 Å². The van der Waals surface area contributed by atoms with Crippen molar-refractivity contribution in [2.24, 2.45) is 0 Å². The number of thiazole rings is 1. The molecule has 1 amide bonds. The molecule has 24 heavy (non-hydrogen) atoms. The van der Waals surface area contributed by atoms with E-state index in [4.69, 9.17) is 58.0 Å². The predicted octanol–water partition coefficient (Wildman–Crippen LogP) is 7.12. The second-order valence-electron chi connectivity index (χ2n) is 4.81. The van der Waals surface area contributed by atoms with Crippen LogP contribution in [0.15, 0.2) is 18.2 Å². The first kappa shape index (κ1) is 18.1. The number of aromatic nitrogens is 1. The van der Waals surface area contributed by atoms with Crippen molar-refractivity contribution in [3.8, 4) is 0 Å². The molecule has 124 valence electrons. The van der Waals surface area contributed by atoms with Crippen LogP contribution in [0.25, 0.3) is 10.2 Å². The number of nitrogens with zero attached hydrogens (tertiary/aromatic N) is 1. The first-order chi connectivity index (χ1) is 11.3. The van der Waals surface area contributed by atoms with Crippen LogP contribution in [-0.4, -0.2) is 10.9 Å². The van der Waals surface area contributed by atoms with Crippen LogP contribution in [-0.2, 0) is 0 Å². The fourth-order valence-electron chi connectivity index (χ4n) is 2.12. The van der Waals surface area contributed by atoms with Crippen LogP contribution in [0.3, 0.4) is 0 Å². The van der Waals surface area contributed by atoms with E-state index in [-0.39, 0.29) is 30.7 Å². The first-order valence-electron chi connectivity index (χ1n) is 6.49. The molecule has 2 aromatic carbocycles. The Hall–Kier alpha value is -0.750. The lowest BCUT2D eigenvalue weighted by atomic mass is 10.2. The summed E-state index contributed by atoms with van der Waals surface area (Å²) in [6, 6.07) is 5.37. The monoisotopic (exact) mass is 438 g/mol. The van der Waals surface area contributed by atoms with Gasteiger partial charge in [-0.3, -0.25) is 4.79 Å². The van der Waals surface area contributed by atoms with Crippen LogP contribution < -0.4 is 5.32 Å². The van der Waals surface area contributed by atoms with Gasteiger partial charge < -0.3 is 5.32 Å². The molecule has 1 N–H and O–H groups in total. The van der Waals surface area contributed by atoms with Crippen LogP contribution in [0.1, 0.15) is 15.4 Å². The molecule has 0 fully saturated rings. The van der Waals surface area contributed by atoms with Gasteiger partial charge in [-0.1, -0.05) is 58.0 Å². The molecule has 0 atom stereocenters. The maximum Gasteiger partial charge on any atom is 0.258 e. The molecule has 0 unspecified atom stereocenters. The lowest BCUT2D eigenvalue weighted by Gasteiger charge is -2.12. The van der Waals surface area contributed by atoms with Gasteiger partial charge in [0.1, 0.15) is 0 Å². The fourth-order valence-corrected chi connectivity index (χ4v) is 4.29. The standard InChI is InChI=1S/C15H7Cl5N2OS/c1-5-21-7-3-2-6(4-8(7)24-5)22-15(23)9-10(16)12(18)14(20)13(19)11(9)17/h2-4H,1H3,(H,22,23). The highest BCUT2D eigenvalue weighted by Gasteiger charge is 2.24. The lowest BCUT2D eigenvalue weighted by molar-refractivity contribution is 0.102. The van der Waals surface area contributed by atoms with E-state index in [2.05, 4.69) is 10.3 Å². The predicted molar refractivity (Wildman–Crippen MR) is 104 cm³/mol. The number of aryl methyl sites for hydroxylation is 1. The molecule has 0 saturated carbocycles. The third kappa shape index (κ3) is 3.19. The molecule has 3 rings (SSSR count). The summed E-state index contributed by atoms with van der Waals surface area (Å²) in [6.07, 6.45) is 0. The quantitative estimate of drug-likeness (QED) is 0.340. The van der Waals surface area contributed by atoms with Crippen molar-refractivity contribution in [3.63, 3.8) is 0 Å². The number of hydrogen-bond acceptors (Lipinski definition) is 3. The van der Waals surface area contributed by atoms with Crippen LogP contribution in [0.5, 0.6) is 0 Å². The highest BCUT2D eigenvalue weighted by atomic mass is 35.5. The molecular weight excluding hydrogens is 434 g/mol. The Morgan fingerprint density at radius 1 is 1.00 bits per heavy atom. The lowest BCUT2D eigenvalue weighted by Crippen LogP contribution is -2.13. The van der Waals surface area contributed by atoms with Gasteiger partial charge in [0.15, 0.2) is 0 Å². The SMILES string of the molecule is Cc1nc2ccc(NC(=O)c3c(Cl)c(Cl)c(Cl)c(Cl)c3Cl)cc2s1. The second-order valence-corrected chi connectivity index (χ2v) is 7.94. The molecule has 1 aromatic heterocycles. The Morgan fingerprint density at radius 2 is 1.58 bits per heavy atom. The molecule has 0 aliphatic rings. The number of hydrogen-bond donors (Lipinski definition) is 1. The van der Waals surface area contributed by atoms with E-state index in [1.165, 1.54) is 11.3 Å². The summed E-state index contributed by atoms with van der Waals surface area (Å²) in [7, 11) is 0. The molecule has 0 aliphatic heterocycles. The average Bonchev–Trinajstić information content (AvgIpc) is 2.90. The molecule has 0 saturated heterocycles. The Kier molecular flexibility index (Phi) is 5.17. The van der Waals surface area contributed by atoms with Crippen molar-refractivity contribution in [1.29, 1.82) is 0 Å². The van der Waals surface area contributed by atoms with Crippen molar-refractivity contribution in [2.45, 2.75) is 6.92 Å². The summed E-state index contributed by atoms with van der Waals surface area (Å²) in [6.45, 7) is 1.92. The topological polar surface area (TPSA) is 42.0 Å². The fraction of sp³-hybridized carbons (Fsp3) is 0.0667. The number of fused-ring (bicyclic) bond motifs is 1. The third-order valence-corrected chi connectivity index (χ3v) is 6.40. The number of nitrogens with one attached hydrogen (secondary N) is 1. The summed E-state index contributed by atoms with van der Waals surface area (Å²) >= 11 is 31.7. The first-order valence-corrected chi connectivity index (χ1v) is 9.20. The molecule has 0 spiro atoms. The number of rotatable bonds is 2. The van der Waals surface area contributed by atoms with Gasteiger partial charge >= 0.3 is 0 Å². The van der Waals surface area contributed by atoms with Crippen molar-refractivity contribution >= 4 is 91.2 Å². The average molecular weight is 441 g/mol. The van der Waals surface area contributed by atoms with E-state index in [1.54, 1.807) is 6.07 Å². The molecule has 1 heterocycles. The number of benzene rings is 2. The van der Waals surface area contributed by atoms with Gasteiger partial charge in [-0.05, 0) is 25.1 Å². The number of anilines is 1. The molecule has 0 bridgehead atoms. The van der Waals surface area contributed by atoms with Crippen LogP contribution in [0.4, 0.5) is 5.69 Å². The minimum atomic E-state index is -0.536. The zero-order valence-electron chi connectivity index (χ0n) is 11.9. The van der Waals surface area contributed by atoms with Crippen molar-refractivity contribution in [1.82, 2.24) is 4.98 Å². The maximum absolute atomic E-state index is 12.6. The Morgan fingerprint density at radius 3 is 2.21 bits per heavy atom. The van der Waals surface area contributed by atoms with E-state index in [0.29, 0.717) is 5.69 Å². The van der Waals surface area contributed by atoms with E-state index in [9.17, 15) is 4.79 Å². The van der Waals surface area contributed by atoms with E-state index in [0.717, 1.165) is 15.2 Å². The van der Waals surface area contributed by atoms with Gasteiger partial charge in [0.2, 0.25) is 0 Å². The number of amides is 1. The normalized spacial score (nSPS) is 11.1. The van der Waals surface area contributed by atoms with Crippen LogP contribution in [0.2, 0.25) is 25.1 Å². The minimum absolute atomic E-state index is 0.00596. The van der Waals surface area contributed by atoms with E-state index in [1.807, 2.05) is 19.1 Å². The van der Waals surface area contributed by atoms with Gasteiger partial charge in [-0.15, -0.1) is 11.3 Å². The minimum Gasteiger partial charge on any atom is -0.322 e. The molecule has 3 aromatic rings. The van der Waals surface area contributed by atoms with E-state index >= 15 is 0 Å². The highest BCUT2D eigenvalue weighted by Crippen LogP contribution is 2.44. The highest BCUT2D eigenvalue weighted by molar-refractivity contribution is 7.18. The smallest absolute Gasteiger partial charge is 0.258 e. The van der Waals surface area contributed by atoms with Crippen molar-refractivity contribution < 1.29 is 4.79 Å². The Balaban J connectivity index is 2.00. The largest absolute Gasteiger partial charge is 0.322 e. The third-order valence-electron chi connectivity index (χ3n) is 3.19. The van der Waals surface area contributed by atoms with Crippen molar-refractivity contribution in [2.75, 3.05) is 5.32 Å². The second kappa shape index (κ2) is 6.87. The zero-order valence-corrected chi connectivity index (χ0v) is 16.5. The zero-order chi connectivity index (χ0) is 17.6. The van der Waals surface area contributed by atoms with Crippen molar-refractivity contribution in [3.05, 3.63) is 53.9 Å². The molecular formula is C15H7Cl5N2OS. The number of carbonyl (C=O) groups is 1. The molecule has 3 nitrogen and oxygen atoms in total. The summed E-state index contributed by atoms with van der Waals surface area (Å²) in [5, 5.41) is 3.52. The molecule has 9 heteroatoms. The maximum atomic E-state index is 12.6. The van der Waals surface area contributed by atoms with Gasteiger partial charge in [0, 0.05) is 5.69 Å². The Bertz CT molecular complexity index is 957. The summed E-state index contributed by atoms with van der Waals surface area (Å²) in [5.41, 5.74) is 1.41. The summed E-state index contributed by atoms with van der Waals surface area (Å²) in [5.74, 6) is -0.536. The summed E-state index contributed by atoms with van der Waals surface area (Å²) in [4.78, 5) is 16.9. The van der Waals surface area contributed by atoms with Gasteiger partial charge in [0.05, 0.1) is 45.9 Å². The summed E-state index contributed by atoms with van der Waals surface area (Å²) < 4.78 is 0.953. The molecule has 0 aliphatic carbocycles. The van der Waals surface area contributed by atoms with E-state index < -0.39 is 5.91 Å². The van der Waals surface area contributed by atoms with Gasteiger partial charge in [-0.25, -0.2) is 4.98 Å².